The maximum Gasteiger partial charge on any atom is 0.212 e. The summed E-state index contributed by atoms with van der Waals surface area (Å²) in [5.74, 6) is 1.72. The van der Waals surface area contributed by atoms with Crippen molar-refractivity contribution in [1.29, 1.82) is 0 Å². The molecule has 0 aliphatic carbocycles. The summed E-state index contributed by atoms with van der Waals surface area (Å²) in [6.45, 7) is 4.67. The zero-order valence-electron chi connectivity index (χ0n) is 13.6. The Morgan fingerprint density at radius 1 is 1.13 bits per heavy atom. The molecule has 1 N–H and O–H groups in total. The van der Waals surface area contributed by atoms with Gasteiger partial charge in [0.15, 0.2) is 0 Å². The molecule has 0 aliphatic heterocycles. The van der Waals surface area contributed by atoms with Crippen LogP contribution in [0, 0.1) is 0 Å². The van der Waals surface area contributed by atoms with Gasteiger partial charge < -0.3 is 14.6 Å². The number of ether oxygens (including phenoxy) is 1. The van der Waals surface area contributed by atoms with E-state index in [0.29, 0.717) is 5.88 Å². The molecular weight excluding hydrogens is 288 g/mol. The molecule has 0 saturated heterocycles. The molecule has 23 heavy (non-hydrogen) atoms. The number of rotatable bonds is 7. The Morgan fingerprint density at radius 3 is 2.74 bits per heavy atom. The molecule has 0 radical (unpaired) electrons. The largest absolute Gasteiger partial charge is 0.481 e. The zero-order valence-corrected chi connectivity index (χ0v) is 13.6. The minimum absolute atomic E-state index is 0.637. The summed E-state index contributed by atoms with van der Waals surface area (Å²) >= 11 is 0. The van der Waals surface area contributed by atoms with E-state index in [9.17, 15) is 0 Å². The SMILES string of the molecule is CCCn1c(CNCc2ccc(OC)nc2)nc2ccccc21. The smallest absolute Gasteiger partial charge is 0.212 e. The maximum absolute atomic E-state index is 5.07. The second kappa shape index (κ2) is 7.24. The summed E-state index contributed by atoms with van der Waals surface area (Å²) in [6, 6.07) is 12.2. The van der Waals surface area contributed by atoms with Gasteiger partial charge in [-0.2, -0.15) is 0 Å². The first-order valence-corrected chi connectivity index (χ1v) is 7.95. The van der Waals surface area contributed by atoms with Gasteiger partial charge in [-0.1, -0.05) is 25.1 Å². The number of hydrogen-bond acceptors (Lipinski definition) is 4. The molecule has 5 heteroatoms. The number of para-hydroxylation sites is 2. The summed E-state index contributed by atoms with van der Waals surface area (Å²) in [5, 5.41) is 3.45. The van der Waals surface area contributed by atoms with Gasteiger partial charge in [-0.15, -0.1) is 0 Å². The normalized spacial score (nSPS) is 11.0. The first kappa shape index (κ1) is 15.5. The third-order valence-electron chi connectivity index (χ3n) is 3.80. The van der Waals surface area contributed by atoms with Crippen LogP contribution in [0.25, 0.3) is 11.0 Å². The minimum Gasteiger partial charge on any atom is -0.481 e. The van der Waals surface area contributed by atoms with Crippen LogP contribution in [0.5, 0.6) is 5.88 Å². The molecule has 5 nitrogen and oxygen atoms in total. The molecule has 2 aromatic heterocycles. The first-order valence-electron chi connectivity index (χ1n) is 7.95. The van der Waals surface area contributed by atoms with Crippen molar-refractivity contribution in [3.8, 4) is 5.88 Å². The van der Waals surface area contributed by atoms with Gasteiger partial charge in [0.1, 0.15) is 5.82 Å². The van der Waals surface area contributed by atoms with E-state index in [-0.39, 0.29) is 0 Å². The van der Waals surface area contributed by atoms with Crippen molar-refractivity contribution in [3.63, 3.8) is 0 Å². The second-order valence-electron chi connectivity index (χ2n) is 5.48. The average Bonchev–Trinajstić information content (AvgIpc) is 2.94. The summed E-state index contributed by atoms with van der Waals surface area (Å²) in [7, 11) is 1.62. The fraction of sp³-hybridized carbons (Fsp3) is 0.333. The molecule has 0 bridgehead atoms. The highest BCUT2D eigenvalue weighted by molar-refractivity contribution is 5.75. The van der Waals surface area contributed by atoms with Crippen LogP contribution in [0.4, 0.5) is 0 Å². The van der Waals surface area contributed by atoms with Gasteiger partial charge in [0.2, 0.25) is 5.88 Å². The fourth-order valence-electron chi connectivity index (χ4n) is 2.69. The molecule has 0 fully saturated rings. The molecule has 0 amide bonds. The lowest BCUT2D eigenvalue weighted by Gasteiger charge is -2.09. The van der Waals surface area contributed by atoms with Crippen LogP contribution in [0.3, 0.4) is 0 Å². The average molecular weight is 310 g/mol. The van der Waals surface area contributed by atoms with Crippen LogP contribution in [-0.4, -0.2) is 21.6 Å². The van der Waals surface area contributed by atoms with Gasteiger partial charge in [-0.3, -0.25) is 0 Å². The lowest BCUT2D eigenvalue weighted by Crippen LogP contribution is -2.17. The van der Waals surface area contributed by atoms with Gasteiger partial charge in [-0.25, -0.2) is 9.97 Å². The van der Waals surface area contributed by atoms with Crippen LogP contribution in [0.1, 0.15) is 24.7 Å². The van der Waals surface area contributed by atoms with E-state index in [2.05, 4.69) is 40.0 Å². The van der Waals surface area contributed by atoms with Gasteiger partial charge in [0.25, 0.3) is 0 Å². The monoisotopic (exact) mass is 310 g/mol. The van der Waals surface area contributed by atoms with Crippen LogP contribution < -0.4 is 10.1 Å². The predicted molar refractivity (Wildman–Crippen MR) is 91.4 cm³/mol. The Labute approximate surface area is 136 Å². The van der Waals surface area contributed by atoms with E-state index in [1.807, 2.05) is 24.4 Å². The number of pyridine rings is 1. The molecule has 0 saturated carbocycles. The quantitative estimate of drug-likeness (QED) is 0.728. The van der Waals surface area contributed by atoms with Gasteiger partial charge >= 0.3 is 0 Å². The second-order valence-corrected chi connectivity index (χ2v) is 5.48. The molecule has 0 unspecified atom stereocenters. The Balaban J connectivity index is 1.69. The van der Waals surface area contributed by atoms with Crippen LogP contribution in [0.2, 0.25) is 0 Å². The topological polar surface area (TPSA) is 52.0 Å². The van der Waals surface area contributed by atoms with Crippen molar-refractivity contribution in [2.24, 2.45) is 0 Å². The number of aryl methyl sites for hydroxylation is 1. The summed E-state index contributed by atoms with van der Waals surface area (Å²) < 4.78 is 7.37. The zero-order chi connectivity index (χ0) is 16.1. The van der Waals surface area contributed by atoms with Crippen molar-refractivity contribution in [2.45, 2.75) is 33.0 Å². The van der Waals surface area contributed by atoms with Crippen LogP contribution >= 0.6 is 0 Å². The third-order valence-corrected chi connectivity index (χ3v) is 3.80. The predicted octanol–water partition coefficient (Wildman–Crippen LogP) is 3.14. The standard InChI is InChI=1S/C18H22N4O/c1-3-10-22-16-7-5-4-6-15(16)21-17(22)13-19-11-14-8-9-18(23-2)20-12-14/h4-9,12,19H,3,10-11,13H2,1-2H3. The van der Waals surface area contributed by atoms with Gasteiger partial charge in [0, 0.05) is 25.4 Å². The van der Waals surface area contributed by atoms with E-state index in [1.54, 1.807) is 7.11 Å². The van der Waals surface area contributed by atoms with Gasteiger partial charge in [-0.05, 0) is 24.1 Å². The number of hydrogen-bond donors (Lipinski definition) is 1. The number of fused-ring (bicyclic) bond motifs is 1. The van der Waals surface area contributed by atoms with E-state index < -0.39 is 0 Å². The minimum atomic E-state index is 0.637. The van der Waals surface area contributed by atoms with Crippen molar-refractivity contribution in [3.05, 3.63) is 54.0 Å². The van der Waals surface area contributed by atoms with Crippen LogP contribution in [0.15, 0.2) is 42.6 Å². The van der Waals surface area contributed by atoms with Crippen molar-refractivity contribution >= 4 is 11.0 Å². The molecule has 120 valence electrons. The third kappa shape index (κ3) is 3.51. The Hall–Kier alpha value is -2.40. The summed E-state index contributed by atoms with van der Waals surface area (Å²) in [4.78, 5) is 8.98. The summed E-state index contributed by atoms with van der Waals surface area (Å²) in [5.41, 5.74) is 3.39. The summed E-state index contributed by atoms with van der Waals surface area (Å²) in [6.07, 6.45) is 2.93. The van der Waals surface area contributed by atoms with E-state index in [1.165, 1.54) is 5.52 Å². The molecule has 1 aromatic carbocycles. The molecule has 0 aliphatic rings. The van der Waals surface area contributed by atoms with Crippen molar-refractivity contribution < 1.29 is 4.74 Å². The highest BCUT2D eigenvalue weighted by Gasteiger charge is 2.09. The first-order chi connectivity index (χ1) is 11.3. The van der Waals surface area contributed by atoms with E-state index in [4.69, 9.17) is 9.72 Å². The van der Waals surface area contributed by atoms with Crippen molar-refractivity contribution in [1.82, 2.24) is 19.9 Å². The molecular formula is C18H22N4O. The Kier molecular flexibility index (Phi) is 4.88. The molecule has 3 aromatic rings. The molecule has 2 heterocycles. The molecule has 0 spiro atoms. The number of nitrogens with zero attached hydrogens (tertiary/aromatic N) is 3. The van der Waals surface area contributed by atoms with Crippen molar-refractivity contribution in [2.75, 3.05) is 7.11 Å². The molecule has 0 atom stereocenters. The fourth-order valence-corrected chi connectivity index (χ4v) is 2.69. The number of methoxy groups -OCH3 is 1. The van der Waals surface area contributed by atoms with Gasteiger partial charge in [0.05, 0.1) is 24.7 Å². The lowest BCUT2D eigenvalue weighted by molar-refractivity contribution is 0.397. The van der Waals surface area contributed by atoms with Crippen LogP contribution in [-0.2, 0) is 19.6 Å². The highest BCUT2D eigenvalue weighted by Crippen LogP contribution is 2.16. The number of imidazole rings is 1. The maximum atomic E-state index is 5.07. The Bertz CT molecular complexity index is 764. The van der Waals surface area contributed by atoms with E-state index in [0.717, 1.165) is 43.0 Å². The lowest BCUT2D eigenvalue weighted by atomic mass is 10.3. The number of nitrogens with one attached hydrogen (secondary N) is 1. The molecule has 3 rings (SSSR count). The Morgan fingerprint density at radius 2 is 2.00 bits per heavy atom. The number of benzene rings is 1. The number of aromatic nitrogens is 3. The van der Waals surface area contributed by atoms with E-state index >= 15 is 0 Å². The highest BCUT2D eigenvalue weighted by atomic mass is 16.5.